The molecule has 0 aliphatic rings. The van der Waals surface area contributed by atoms with Gasteiger partial charge in [-0.2, -0.15) is 0 Å². The summed E-state index contributed by atoms with van der Waals surface area (Å²) in [6.45, 7) is 19.0. The first-order valence-corrected chi connectivity index (χ1v) is 10.6. The number of methoxy groups -OCH3 is 1. The van der Waals surface area contributed by atoms with Crippen LogP contribution in [0.2, 0.25) is 0 Å². The standard InChI is InChI=1S/C19H31N.C4H8O.C2H6/c1-5-7-8-9-10-14-20(13-6-2)16-19-12-11-17(3)15-18(19)4;1-3-4-5-2;1-2/h6,11-13,15H,5,7-10,14,16H2,1-4H3;3H,1,4H2,2H3;1-2H3/b13-6+;;. The summed E-state index contributed by atoms with van der Waals surface area (Å²) in [4.78, 5) is 2.45. The summed E-state index contributed by atoms with van der Waals surface area (Å²) < 4.78 is 4.57. The molecule has 0 radical (unpaired) electrons. The quantitative estimate of drug-likeness (QED) is 0.294. The van der Waals surface area contributed by atoms with Crippen molar-refractivity contribution >= 4 is 0 Å². The van der Waals surface area contributed by atoms with Crippen LogP contribution in [-0.4, -0.2) is 25.2 Å². The highest BCUT2D eigenvalue weighted by molar-refractivity contribution is 5.30. The molecule has 0 atom stereocenters. The van der Waals surface area contributed by atoms with Crippen molar-refractivity contribution < 1.29 is 4.74 Å². The average Bonchev–Trinajstić information content (AvgIpc) is 2.66. The SMILES string of the molecule is C/C=C/N(CCCCCCC)Cc1ccc(C)cc1C.C=CCOC.CC. The van der Waals surface area contributed by atoms with Gasteiger partial charge in [-0.1, -0.05) is 82.4 Å². The van der Waals surface area contributed by atoms with Crippen LogP contribution in [0.3, 0.4) is 0 Å². The third kappa shape index (κ3) is 16.4. The Hall–Kier alpha value is -1.54. The molecule has 0 saturated heterocycles. The minimum atomic E-state index is 0.653. The molecule has 156 valence electrons. The Bertz CT molecular complexity index is 479. The van der Waals surface area contributed by atoms with E-state index in [0.29, 0.717) is 6.61 Å². The number of hydrogen-bond acceptors (Lipinski definition) is 2. The van der Waals surface area contributed by atoms with E-state index in [1.807, 2.05) is 13.8 Å². The monoisotopic (exact) mass is 375 g/mol. The Balaban J connectivity index is 0. The highest BCUT2D eigenvalue weighted by Gasteiger charge is 2.04. The summed E-state index contributed by atoms with van der Waals surface area (Å²) in [5.74, 6) is 0. The highest BCUT2D eigenvalue weighted by atomic mass is 16.5. The van der Waals surface area contributed by atoms with Crippen LogP contribution in [0.4, 0.5) is 0 Å². The minimum absolute atomic E-state index is 0.653. The molecule has 0 spiro atoms. The third-order valence-corrected chi connectivity index (χ3v) is 4.06. The molecule has 1 rings (SSSR count). The summed E-state index contributed by atoms with van der Waals surface area (Å²) in [5, 5.41) is 0. The summed E-state index contributed by atoms with van der Waals surface area (Å²) >= 11 is 0. The van der Waals surface area contributed by atoms with E-state index in [4.69, 9.17) is 0 Å². The number of hydrogen-bond donors (Lipinski definition) is 0. The van der Waals surface area contributed by atoms with Gasteiger partial charge < -0.3 is 9.64 Å². The molecule has 0 amide bonds. The molecule has 27 heavy (non-hydrogen) atoms. The smallest absolute Gasteiger partial charge is 0.0641 e. The van der Waals surface area contributed by atoms with Crippen molar-refractivity contribution in [1.29, 1.82) is 0 Å². The van der Waals surface area contributed by atoms with E-state index >= 15 is 0 Å². The van der Waals surface area contributed by atoms with E-state index in [9.17, 15) is 0 Å². The zero-order valence-electron chi connectivity index (χ0n) is 19.2. The van der Waals surface area contributed by atoms with Crippen LogP contribution in [0.5, 0.6) is 0 Å². The number of nitrogens with zero attached hydrogens (tertiary/aromatic N) is 1. The van der Waals surface area contributed by atoms with Gasteiger partial charge in [-0.05, 0) is 44.5 Å². The third-order valence-electron chi connectivity index (χ3n) is 4.06. The second-order valence-corrected chi connectivity index (χ2v) is 6.54. The second kappa shape index (κ2) is 20.8. The van der Waals surface area contributed by atoms with Gasteiger partial charge in [0.1, 0.15) is 0 Å². The molecule has 0 bridgehead atoms. The summed E-state index contributed by atoms with van der Waals surface area (Å²) in [7, 11) is 1.64. The van der Waals surface area contributed by atoms with Crippen LogP contribution in [-0.2, 0) is 11.3 Å². The van der Waals surface area contributed by atoms with Gasteiger partial charge in [-0.15, -0.1) is 6.58 Å². The van der Waals surface area contributed by atoms with Gasteiger partial charge in [0.05, 0.1) is 6.61 Å². The first kappa shape index (κ1) is 27.7. The molecule has 0 aromatic heterocycles. The average molecular weight is 376 g/mol. The Labute approximate surface area is 170 Å². The Morgan fingerprint density at radius 3 is 2.22 bits per heavy atom. The van der Waals surface area contributed by atoms with Crippen molar-refractivity contribution in [3.8, 4) is 0 Å². The molecule has 0 N–H and O–H groups in total. The first-order valence-electron chi connectivity index (χ1n) is 10.6. The van der Waals surface area contributed by atoms with Crippen LogP contribution in [0.25, 0.3) is 0 Å². The fraction of sp³-hybridized carbons (Fsp3) is 0.600. The molecule has 1 aromatic rings. The first-order chi connectivity index (χ1) is 13.1. The maximum Gasteiger partial charge on any atom is 0.0641 e. The van der Waals surface area contributed by atoms with Crippen LogP contribution < -0.4 is 0 Å². The lowest BCUT2D eigenvalue weighted by atomic mass is 10.1. The number of unbranched alkanes of at least 4 members (excludes halogenated alkanes) is 4. The maximum atomic E-state index is 4.57. The Morgan fingerprint density at radius 1 is 1.07 bits per heavy atom. The fourth-order valence-electron chi connectivity index (χ4n) is 2.70. The molecular formula is C25H45NO. The van der Waals surface area contributed by atoms with Crippen molar-refractivity contribution in [3.05, 3.63) is 59.8 Å². The van der Waals surface area contributed by atoms with E-state index in [-0.39, 0.29) is 0 Å². The zero-order chi connectivity index (χ0) is 20.9. The summed E-state index contributed by atoms with van der Waals surface area (Å²) in [5.41, 5.74) is 4.20. The molecule has 0 saturated carbocycles. The van der Waals surface area contributed by atoms with Crippen molar-refractivity contribution in [1.82, 2.24) is 4.90 Å². The Morgan fingerprint density at radius 2 is 1.74 bits per heavy atom. The van der Waals surface area contributed by atoms with Gasteiger partial charge in [-0.25, -0.2) is 0 Å². The normalized spacial score (nSPS) is 9.89. The van der Waals surface area contributed by atoms with Gasteiger partial charge in [-0.3, -0.25) is 0 Å². The number of allylic oxidation sites excluding steroid dienone is 1. The van der Waals surface area contributed by atoms with Crippen molar-refractivity contribution in [2.24, 2.45) is 0 Å². The van der Waals surface area contributed by atoms with E-state index in [0.717, 1.165) is 6.54 Å². The second-order valence-electron chi connectivity index (χ2n) is 6.54. The predicted molar refractivity (Wildman–Crippen MR) is 123 cm³/mol. The van der Waals surface area contributed by atoms with E-state index in [1.165, 1.54) is 55.3 Å². The van der Waals surface area contributed by atoms with Crippen LogP contribution >= 0.6 is 0 Å². The largest absolute Gasteiger partial charge is 0.381 e. The summed E-state index contributed by atoms with van der Waals surface area (Å²) in [6.07, 6.45) is 12.8. The minimum Gasteiger partial charge on any atom is -0.381 e. The van der Waals surface area contributed by atoms with Gasteiger partial charge in [0.25, 0.3) is 0 Å². The number of rotatable bonds is 11. The van der Waals surface area contributed by atoms with Crippen LogP contribution in [0, 0.1) is 13.8 Å². The van der Waals surface area contributed by atoms with Crippen molar-refractivity contribution in [2.75, 3.05) is 20.3 Å². The fourth-order valence-corrected chi connectivity index (χ4v) is 2.70. The van der Waals surface area contributed by atoms with Gasteiger partial charge in [0.15, 0.2) is 0 Å². The summed E-state index contributed by atoms with van der Waals surface area (Å²) in [6, 6.07) is 6.78. The molecule has 0 aliphatic heterocycles. The van der Waals surface area contributed by atoms with E-state index in [1.54, 1.807) is 13.2 Å². The topological polar surface area (TPSA) is 12.5 Å². The van der Waals surface area contributed by atoms with E-state index in [2.05, 4.69) is 74.4 Å². The lowest BCUT2D eigenvalue weighted by Crippen LogP contribution is -2.18. The molecule has 0 unspecified atom stereocenters. The number of aryl methyl sites for hydroxylation is 2. The molecular weight excluding hydrogens is 330 g/mol. The highest BCUT2D eigenvalue weighted by Crippen LogP contribution is 2.14. The number of benzene rings is 1. The van der Waals surface area contributed by atoms with Gasteiger partial charge in [0, 0.05) is 20.2 Å². The predicted octanol–water partition coefficient (Wildman–Crippen LogP) is 7.45. The lowest BCUT2D eigenvalue weighted by molar-refractivity contribution is 0.234. The van der Waals surface area contributed by atoms with Crippen molar-refractivity contribution in [2.45, 2.75) is 80.2 Å². The van der Waals surface area contributed by atoms with Crippen molar-refractivity contribution in [3.63, 3.8) is 0 Å². The van der Waals surface area contributed by atoms with Gasteiger partial charge >= 0.3 is 0 Å². The van der Waals surface area contributed by atoms with Crippen LogP contribution in [0.15, 0.2) is 43.1 Å². The van der Waals surface area contributed by atoms with Crippen LogP contribution in [0.1, 0.15) is 76.5 Å². The molecule has 1 aromatic carbocycles. The maximum absolute atomic E-state index is 4.57. The molecule has 2 nitrogen and oxygen atoms in total. The molecule has 0 heterocycles. The Kier molecular flexibility index (Phi) is 21.3. The molecule has 2 heteroatoms. The molecule has 0 aliphatic carbocycles. The zero-order valence-corrected chi connectivity index (χ0v) is 19.2. The van der Waals surface area contributed by atoms with Gasteiger partial charge in [0.2, 0.25) is 0 Å². The molecule has 0 fully saturated rings. The lowest BCUT2D eigenvalue weighted by Gasteiger charge is -2.21. The van der Waals surface area contributed by atoms with E-state index < -0.39 is 0 Å². The number of ether oxygens (including phenoxy) is 1.